The zero-order valence-electron chi connectivity index (χ0n) is 17.3. The van der Waals surface area contributed by atoms with Crippen LogP contribution in [0, 0.1) is 0 Å². The molecule has 0 aliphatic carbocycles. The van der Waals surface area contributed by atoms with Gasteiger partial charge in [0.05, 0.1) is 16.3 Å². The number of aliphatic imine (C=N–C) groups is 1. The summed E-state index contributed by atoms with van der Waals surface area (Å²) in [5.41, 5.74) is 1.16. The van der Waals surface area contributed by atoms with E-state index in [1.807, 2.05) is 6.07 Å². The van der Waals surface area contributed by atoms with Crippen LogP contribution < -0.4 is 5.56 Å². The number of hydrogen-bond acceptors (Lipinski definition) is 7. The Labute approximate surface area is 193 Å². The van der Waals surface area contributed by atoms with Gasteiger partial charge >= 0.3 is 0 Å². The Bertz CT molecular complexity index is 1390. The minimum absolute atomic E-state index is 0.231. The number of benzene rings is 1. The Hall–Kier alpha value is -3.07. The number of rotatable bonds is 4. The van der Waals surface area contributed by atoms with E-state index < -0.39 is 0 Å². The van der Waals surface area contributed by atoms with Gasteiger partial charge in [-0.1, -0.05) is 48.1 Å². The molecule has 0 spiro atoms. The van der Waals surface area contributed by atoms with E-state index in [9.17, 15) is 9.90 Å². The van der Waals surface area contributed by atoms with Crippen molar-refractivity contribution in [2.24, 2.45) is 4.99 Å². The molecule has 4 heterocycles. The highest BCUT2D eigenvalue weighted by atomic mass is 35.5. The van der Waals surface area contributed by atoms with Gasteiger partial charge in [-0.3, -0.25) is 9.69 Å². The minimum Gasteiger partial charge on any atom is -0.494 e. The molecule has 5 rings (SSSR count). The second kappa shape index (κ2) is 8.46. The summed E-state index contributed by atoms with van der Waals surface area (Å²) >= 11 is 7.50. The third-order valence-corrected chi connectivity index (χ3v) is 6.81. The van der Waals surface area contributed by atoms with Crippen LogP contribution in [-0.4, -0.2) is 43.8 Å². The number of thiazole rings is 1. The van der Waals surface area contributed by atoms with Crippen LogP contribution in [0.4, 0.5) is 5.13 Å². The van der Waals surface area contributed by atoms with Gasteiger partial charge in [-0.2, -0.15) is 0 Å². The maximum Gasteiger partial charge on any atom is 0.267 e. The van der Waals surface area contributed by atoms with Crippen LogP contribution in [0.2, 0.25) is 5.02 Å². The molecule has 4 aromatic rings. The van der Waals surface area contributed by atoms with Gasteiger partial charge in [0.25, 0.3) is 5.56 Å². The molecule has 9 heteroatoms. The monoisotopic (exact) mass is 465 g/mol. The van der Waals surface area contributed by atoms with Crippen molar-refractivity contribution in [3.8, 4) is 11.7 Å². The largest absolute Gasteiger partial charge is 0.494 e. The van der Waals surface area contributed by atoms with Crippen molar-refractivity contribution in [2.75, 3.05) is 13.1 Å². The van der Waals surface area contributed by atoms with Gasteiger partial charge < -0.3 is 5.11 Å². The lowest BCUT2D eigenvalue weighted by Crippen LogP contribution is -2.29. The second-order valence-electron chi connectivity index (χ2n) is 7.50. The van der Waals surface area contributed by atoms with Crippen LogP contribution in [0.3, 0.4) is 0 Å². The molecule has 0 amide bonds. The first-order chi connectivity index (χ1) is 15.5. The van der Waals surface area contributed by atoms with E-state index in [1.165, 1.54) is 15.6 Å². The molecule has 1 aliphatic rings. The highest BCUT2D eigenvalue weighted by molar-refractivity contribution is 7.15. The van der Waals surface area contributed by atoms with Crippen LogP contribution in [0.5, 0.6) is 5.88 Å². The third-order valence-electron chi connectivity index (χ3n) is 5.59. The molecular formula is C23H20ClN5O2S. The van der Waals surface area contributed by atoms with Gasteiger partial charge in [0, 0.05) is 47.6 Å². The predicted octanol–water partition coefficient (Wildman–Crippen LogP) is 4.33. The molecule has 0 bridgehead atoms. The van der Waals surface area contributed by atoms with Gasteiger partial charge in [-0.25, -0.2) is 19.5 Å². The first kappa shape index (κ1) is 20.8. The number of likely N-dealkylation sites (N-methyl/N-ethyl adjacent to an activating group) is 1. The summed E-state index contributed by atoms with van der Waals surface area (Å²) in [6, 6.07) is 10.3. The lowest BCUT2D eigenvalue weighted by molar-refractivity contribution is 0.270. The molecule has 3 aromatic heterocycles. The van der Waals surface area contributed by atoms with Gasteiger partial charge in [0.2, 0.25) is 11.0 Å². The molecular weight excluding hydrogens is 446 g/mol. The number of pyridine rings is 2. The number of hydrogen-bond donors (Lipinski definition) is 1. The van der Waals surface area contributed by atoms with Crippen molar-refractivity contribution in [2.45, 2.75) is 19.9 Å². The normalized spacial score (nSPS) is 14.3. The van der Waals surface area contributed by atoms with E-state index in [2.05, 4.69) is 26.8 Å². The summed E-state index contributed by atoms with van der Waals surface area (Å²) in [5, 5.41) is 13.2. The average molecular weight is 466 g/mol. The highest BCUT2D eigenvalue weighted by Crippen LogP contribution is 2.31. The molecule has 0 atom stereocenters. The van der Waals surface area contributed by atoms with E-state index in [0.717, 1.165) is 31.7 Å². The first-order valence-corrected chi connectivity index (χ1v) is 11.5. The Morgan fingerprint density at radius 1 is 1.25 bits per heavy atom. The van der Waals surface area contributed by atoms with Gasteiger partial charge in [0.1, 0.15) is 5.82 Å². The highest BCUT2D eigenvalue weighted by Gasteiger charge is 2.20. The van der Waals surface area contributed by atoms with Crippen molar-refractivity contribution in [1.82, 2.24) is 19.4 Å². The summed E-state index contributed by atoms with van der Waals surface area (Å²) in [7, 11) is 0. The Kier molecular flexibility index (Phi) is 5.50. The van der Waals surface area contributed by atoms with Crippen LogP contribution in [-0.2, 0) is 13.0 Å². The quantitative estimate of drug-likeness (QED) is 0.453. The summed E-state index contributed by atoms with van der Waals surface area (Å²) < 4.78 is 1.17. The van der Waals surface area contributed by atoms with E-state index in [4.69, 9.17) is 11.6 Å². The summed E-state index contributed by atoms with van der Waals surface area (Å²) in [6.07, 6.45) is 3.92. The number of aromatic hydroxyl groups is 1. The standard InChI is InChI=1S/C23H20ClN5O2S/c1-2-28-10-9-18-19(13-28)32-23(27-18)26-12-17-15-5-3-4-6-16(15)21(30)29(22(17)31)20-8-7-14(24)11-25-20/h3-8,11-12,31H,2,9-10,13H2,1H3/b26-12+. The Morgan fingerprint density at radius 2 is 2.06 bits per heavy atom. The molecule has 7 nitrogen and oxygen atoms in total. The van der Waals surface area contributed by atoms with E-state index in [1.54, 1.807) is 47.9 Å². The van der Waals surface area contributed by atoms with Crippen molar-refractivity contribution in [1.29, 1.82) is 0 Å². The maximum atomic E-state index is 13.1. The van der Waals surface area contributed by atoms with Crippen LogP contribution in [0.25, 0.3) is 16.6 Å². The van der Waals surface area contributed by atoms with E-state index in [0.29, 0.717) is 26.5 Å². The van der Waals surface area contributed by atoms with Gasteiger partial charge in [-0.05, 0) is 24.7 Å². The Morgan fingerprint density at radius 3 is 2.81 bits per heavy atom. The van der Waals surface area contributed by atoms with Crippen LogP contribution in [0.15, 0.2) is 52.4 Å². The molecule has 0 fully saturated rings. The van der Waals surface area contributed by atoms with Gasteiger partial charge in [0.15, 0.2) is 0 Å². The SMILES string of the molecule is CCN1CCc2nc(/N=C/c3c(O)n(-c4ccc(Cl)cn4)c(=O)c4ccccc34)sc2C1. The number of nitrogens with zero attached hydrogens (tertiary/aromatic N) is 5. The fourth-order valence-corrected chi connectivity index (χ4v) is 4.99. The Balaban J connectivity index is 1.62. The molecule has 1 N–H and O–H groups in total. The molecule has 1 aromatic carbocycles. The summed E-state index contributed by atoms with van der Waals surface area (Å²) in [6.45, 7) is 5.06. The summed E-state index contributed by atoms with van der Waals surface area (Å²) in [5.74, 6) is 0.0485. The van der Waals surface area contributed by atoms with Gasteiger partial charge in [-0.15, -0.1) is 0 Å². The average Bonchev–Trinajstić information content (AvgIpc) is 3.22. The fourth-order valence-electron chi connectivity index (χ4n) is 3.88. The van der Waals surface area contributed by atoms with Crippen molar-refractivity contribution in [3.63, 3.8) is 0 Å². The van der Waals surface area contributed by atoms with E-state index >= 15 is 0 Å². The maximum absolute atomic E-state index is 13.1. The summed E-state index contributed by atoms with van der Waals surface area (Å²) in [4.78, 5) is 30.2. The second-order valence-corrected chi connectivity index (χ2v) is 9.00. The minimum atomic E-state index is -0.366. The zero-order valence-corrected chi connectivity index (χ0v) is 18.9. The van der Waals surface area contributed by atoms with Crippen molar-refractivity contribution < 1.29 is 5.11 Å². The van der Waals surface area contributed by atoms with Crippen LogP contribution in [0.1, 0.15) is 23.1 Å². The smallest absolute Gasteiger partial charge is 0.267 e. The molecule has 1 aliphatic heterocycles. The van der Waals surface area contributed by atoms with E-state index in [-0.39, 0.29) is 17.3 Å². The predicted molar refractivity (Wildman–Crippen MR) is 128 cm³/mol. The fraction of sp³-hybridized carbons (Fsp3) is 0.217. The molecule has 0 radical (unpaired) electrons. The molecule has 162 valence electrons. The third kappa shape index (κ3) is 3.70. The molecule has 32 heavy (non-hydrogen) atoms. The molecule has 0 saturated heterocycles. The first-order valence-electron chi connectivity index (χ1n) is 10.3. The topological polar surface area (TPSA) is 83.6 Å². The number of fused-ring (bicyclic) bond motifs is 2. The zero-order chi connectivity index (χ0) is 22.2. The lowest BCUT2D eigenvalue weighted by Gasteiger charge is -2.23. The lowest BCUT2D eigenvalue weighted by atomic mass is 10.1. The molecule has 0 unspecified atom stereocenters. The van der Waals surface area contributed by atoms with Crippen molar-refractivity contribution >= 4 is 45.1 Å². The van der Waals surface area contributed by atoms with Crippen molar-refractivity contribution in [3.05, 3.63) is 74.1 Å². The number of halogens is 1. The molecule has 0 saturated carbocycles. The van der Waals surface area contributed by atoms with Crippen LogP contribution >= 0.6 is 22.9 Å². The number of aromatic nitrogens is 3.